The highest BCUT2D eigenvalue weighted by atomic mass is 35.5. The summed E-state index contributed by atoms with van der Waals surface area (Å²) in [6.07, 6.45) is -4.69. The summed E-state index contributed by atoms with van der Waals surface area (Å²) in [4.78, 5) is 33.4. The van der Waals surface area contributed by atoms with E-state index in [0.717, 1.165) is 28.7 Å². The third kappa shape index (κ3) is 5.97. The highest BCUT2D eigenvalue weighted by Crippen LogP contribution is 2.36. The van der Waals surface area contributed by atoms with Crippen LogP contribution in [0.4, 0.5) is 29.1 Å². The Hall–Kier alpha value is -3.50. The van der Waals surface area contributed by atoms with Crippen molar-refractivity contribution in [3.63, 3.8) is 0 Å². The van der Waals surface area contributed by atoms with Gasteiger partial charge in [-0.3, -0.25) is 14.5 Å². The van der Waals surface area contributed by atoms with Crippen LogP contribution in [0.5, 0.6) is 0 Å². The molecule has 1 saturated heterocycles. The number of ether oxygens (including phenoxy) is 1. The number of pyridine rings is 1. The van der Waals surface area contributed by atoms with Gasteiger partial charge in [0.1, 0.15) is 17.7 Å². The third-order valence-corrected chi connectivity index (χ3v) is 6.55. The van der Waals surface area contributed by atoms with Gasteiger partial charge in [0.05, 0.1) is 29.7 Å². The quantitative estimate of drug-likeness (QED) is 0.349. The van der Waals surface area contributed by atoms with E-state index in [1.165, 1.54) is 31.0 Å². The molecule has 2 aromatic carbocycles. The van der Waals surface area contributed by atoms with Crippen molar-refractivity contribution in [2.24, 2.45) is 5.92 Å². The Balaban J connectivity index is 1.65. The summed E-state index contributed by atoms with van der Waals surface area (Å²) in [6.45, 7) is 1.55. The second-order valence-corrected chi connectivity index (χ2v) is 9.41. The molecule has 0 spiro atoms. The number of benzene rings is 2. The lowest BCUT2D eigenvalue weighted by atomic mass is 10.1. The number of nitrogens with zero attached hydrogens (tertiary/aromatic N) is 3. The summed E-state index contributed by atoms with van der Waals surface area (Å²) in [5.74, 6) is -2.92. The standard InChI is InChI=1S/C27H24ClF4N3O3/c1-16-10-19(27(30,31)32)12-24(33-16)35-23(26(37)34(2)20-8-9-22(29)21(28)13-20)11-18(25(35)36)15-38-14-17-6-4-3-5-7-17/h3-10,12-13,18,23H,11,14-15H2,1-2H3. The first kappa shape index (κ1) is 27.5. The first-order chi connectivity index (χ1) is 18.0. The predicted molar refractivity (Wildman–Crippen MR) is 134 cm³/mol. The second kappa shape index (κ2) is 11.1. The van der Waals surface area contributed by atoms with Gasteiger partial charge in [-0.25, -0.2) is 9.37 Å². The fourth-order valence-corrected chi connectivity index (χ4v) is 4.50. The van der Waals surface area contributed by atoms with E-state index in [1.54, 1.807) is 0 Å². The zero-order chi connectivity index (χ0) is 27.6. The molecule has 11 heteroatoms. The van der Waals surface area contributed by atoms with Crippen molar-refractivity contribution in [2.75, 3.05) is 23.5 Å². The monoisotopic (exact) mass is 549 g/mol. The minimum Gasteiger partial charge on any atom is -0.376 e. The normalized spacial score (nSPS) is 17.7. The first-order valence-corrected chi connectivity index (χ1v) is 12.1. The van der Waals surface area contributed by atoms with Crippen LogP contribution in [0.3, 0.4) is 0 Å². The number of carbonyl (C=O) groups excluding carboxylic acids is 2. The summed E-state index contributed by atoms with van der Waals surface area (Å²) in [7, 11) is 1.42. The predicted octanol–water partition coefficient (Wildman–Crippen LogP) is 5.80. The number of aryl methyl sites for hydroxylation is 1. The van der Waals surface area contributed by atoms with Crippen LogP contribution in [0.25, 0.3) is 0 Å². The van der Waals surface area contributed by atoms with Crippen molar-refractivity contribution in [3.05, 3.63) is 88.3 Å². The minimum absolute atomic E-state index is 0.0112. The Kier molecular flexibility index (Phi) is 8.03. The van der Waals surface area contributed by atoms with Crippen LogP contribution in [0.1, 0.15) is 23.2 Å². The highest BCUT2D eigenvalue weighted by molar-refractivity contribution is 6.31. The van der Waals surface area contributed by atoms with Gasteiger partial charge in [-0.05, 0) is 49.2 Å². The van der Waals surface area contributed by atoms with Crippen molar-refractivity contribution >= 4 is 34.9 Å². The molecule has 0 radical (unpaired) electrons. The maximum atomic E-state index is 13.7. The summed E-state index contributed by atoms with van der Waals surface area (Å²) in [5, 5.41) is -0.205. The lowest BCUT2D eigenvalue weighted by Gasteiger charge is -2.28. The Labute approximate surface area is 221 Å². The average molecular weight is 550 g/mol. The molecule has 200 valence electrons. The molecular formula is C27H24ClF4N3O3. The van der Waals surface area contributed by atoms with E-state index < -0.39 is 41.3 Å². The van der Waals surface area contributed by atoms with Crippen LogP contribution in [0, 0.1) is 18.7 Å². The van der Waals surface area contributed by atoms with Gasteiger partial charge in [0.15, 0.2) is 0 Å². The molecule has 2 amide bonds. The van der Waals surface area contributed by atoms with E-state index in [4.69, 9.17) is 16.3 Å². The largest absolute Gasteiger partial charge is 0.416 e. The zero-order valence-corrected chi connectivity index (χ0v) is 21.3. The summed E-state index contributed by atoms with van der Waals surface area (Å²) in [6, 6.07) is 13.4. The topological polar surface area (TPSA) is 62.7 Å². The van der Waals surface area contributed by atoms with Gasteiger partial charge >= 0.3 is 6.18 Å². The van der Waals surface area contributed by atoms with E-state index in [1.807, 2.05) is 30.3 Å². The molecule has 38 heavy (non-hydrogen) atoms. The third-order valence-electron chi connectivity index (χ3n) is 6.26. The van der Waals surface area contributed by atoms with E-state index in [-0.39, 0.29) is 41.9 Å². The average Bonchev–Trinajstić information content (AvgIpc) is 3.20. The number of rotatable bonds is 7. The van der Waals surface area contributed by atoms with Crippen LogP contribution in [0.15, 0.2) is 60.7 Å². The van der Waals surface area contributed by atoms with Gasteiger partial charge < -0.3 is 9.64 Å². The Bertz CT molecular complexity index is 1340. The number of amides is 2. The first-order valence-electron chi connectivity index (χ1n) is 11.7. The number of hydrogen-bond acceptors (Lipinski definition) is 4. The molecule has 1 aliphatic heterocycles. The second-order valence-electron chi connectivity index (χ2n) is 9.01. The molecule has 0 saturated carbocycles. The van der Waals surface area contributed by atoms with E-state index in [9.17, 15) is 27.2 Å². The van der Waals surface area contributed by atoms with Crippen LogP contribution in [-0.2, 0) is 27.1 Å². The number of hydrogen-bond donors (Lipinski definition) is 0. The number of likely N-dealkylation sites (N-methyl/N-ethyl adjacent to an activating group) is 1. The number of halogens is 5. The van der Waals surface area contributed by atoms with E-state index >= 15 is 0 Å². The molecule has 1 aliphatic rings. The zero-order valence-electron chi connectivity index (χ0n) is 20.5. The maximum absolute atomic E-state index is 13.7. The van der Waals surface area contributed by atoms with Crippen molar-refractivity contribution in [3.8, 4) is 0 Å². The molecule has 3 aromatic rings. The summed E-state index contributed by atoms with van der Waals surface area (Å²) < 4.78 is 60.0. The number of alkyl halides is 3. The van der Waals surface area contributed by atoms with Crippen molar-refractivity contribution in [2.45, 2.75) is 32.2 Å². The molecular weight excluding hydrogens is 526 g/mol. The van der Waals surface area contributed by atoms with Gasteiger partial charge in [0.2, 0.25) is 11.8 Å². The molecule has 2 heterocycles. The molecule has 0 bridgehead atoms. The Morgan fingerprint density at radius 2 is 1.87 bits per heavy atom. The van der Waals surface area contributed by atoms with Gasteiger partial charge in [-0.1, -0.05) is 41.9 Å². The molecule has 1 aromatic heterocycles. The fraction of sp³-hybridized carbons (Fsp3) is 0.296. The number of anilines is 2. The molecule has 0 N–H and O–H groups in total. The van der Waals surface area contributed by atoms with Crippen molar-refractivity contribution in [1.82, 2.24) is 4.98 Å². The summed E-state index contributed by atoms with van der Waals surface area (Å²) in [5.41, 5.74) is 0.189. The lowest BCUT2D eigenvalue weighted by Crippen LogP contribution is -2.46. The van der Waals surface area contributed by atoms with Crippen LogP contribution >= 0.6 is 11.6 Å². The Morgan fingerprint density at radius 1 is 1.16 bits per heavy atom. The van der Waals surface area contributed by atoms with Crippen LogP contribution in [-0.4, -0.2) is 36.5 Å². The Morgan fingerprint density at radius 3 is 2.53 bits per heavy atom. The van der Waals surface area contributed by atoms with Gasteiger partial charge in [0, 0.05) is 18.4 Å². The number of aromatic nitrogens is 1. The smallest absolute Gasteiger partial charge is 0.376 e. The molecule has 2 atom stereocenters. The molecule has 4 rings (SSSR count). The molecule has 6 nitrogen and oxygen atoms in total. The van der Waals surface area contributed by atoms with E-state index in [0.29, 0.717) is 0 Å². The minimum atomic E-state index is -4.68. The van der Waals surface area contributed by atoms with Crippen molar-refractivity contribution < 1.29 is 31.9 Å². The van der Waals surface area contributed by atoms with Gasteiger partial charge in [-0.2, -0.15) is 13.2 Å². The maximum Gasteiger partial charge on any atom is 0.416 e. The van der Waals surface area contributed by atoms with Crippen molar-refractivity contribution in [1.29, 1.82) is 0 Å². The molecule has 0 aliphatic carbocycles. The number of carbonyl (C=O) groups is 2. The van der Waals surface area contributed by atoms with Gasteiger partial charge in [-0.15, -0.1) is 0 Å². The summed E-state index contributed by atoms with van der Waals surface area (Å²) >= 11 is 5.87. The molecule has 1 fully saturated rings. The van der Waals surface area contributed by atoms with E-state index in [2.05, 4.69) is 4.98 Å². The fourth-order valence-electron chi connectivity index (χ4n) is 4.32. The van der Waals surface area contributed by atoms with Crippen LogP contribution in [0.2, 0.25) is 5.02 Å². The van der Waals surface area contributed by atoms with Crippen LogP contribution < -0.4 is 9.80 Å². The lowest BCUT2D eigenvalue weighted by molar-refractivity contribution is -0.137. The molecule has 2 unspecified atom stereocenters. The SMILES string of the molecule is Cc1cc(C(F)(F)F)cc(N2C(=O)C(COCc3ccccc3)CC2C(=O)N(C)c2ccc(F)c(Cl)c2)n1. The van der Waals surface area contributed by atoms with Gasteiger partial charge in [0.25, 0.3) is 0 Å². The highest BCUT2D eigenvalue weighted by Gasteiger charge is 2.46.